The third-order valence-corrected chi connectivity index (χ3v) is 6.48. The van der Waals surface area contributed by atoms with E-state index in [4.69, 9.17) is 9.26 Å². The van der Waals surface area contributed by atoms with E-state index >= 15 is 0 Å². The van der Waals surface area contributed by atoms with Crippen molar-refractivity contribution in [1.29, 1.82) is 0 Å². The van der Waals surface area contributed by atoms with Crippen molar-refractivity contribution < 1.29 is 14.1 Å². The molecule has 1 atom stereocenters. The fourth-order valence-corrected chi connectivity index (χ4v) is 4.44. The van der Waals surface area contributed by atoms with Crippen molar-refractivity contribution in [3.05, 3.63) is 24.3 Å². The van der Waals surface area contributed by atoms with Gasteiger partial charge in [-0.05, 0) is 31.4 Å². The molecule has 0 amide bonds. The number of ether oxygens (including phenoxy) is 1. The lowest BCUT2D eigenvalue weighted by atomic mass is 9.79. The number of hydrogen-bond acceptors (Lipinski definition) is 6. The average Bonchev–Trinajstić information content (AvgIpc) is 3.28. The second-order valence-corrected chi connectivity index (χ2v) is 7.84. The first-order chi connectivity index (χ1) is 13.1. The highest BCUT2D eigenvalue weighted by molar-refractivity contribution is 5.88. The van der Waals surface area contributed by atoms with Gasteiger partial charge in [0.05, 0.1) is 10.8 Å². The summed E-state index contributed by atoms with van der Waals surface area (Å²) >= 11 is 0. The Labute approximate surface area is 160 Å². The van der Waals surface area contributed by atoms with Crippen LogP contribution in [0.1, 0.15) is 39.5 Å². The maximum absolute atomic E-state index is 12.2. The Balaban J connectivity index is 1.29. The van der Waals surface area contributed by atoms with Crippen molar-refractivity contribution in [2.24, 2.45) is 5.41 Å². The summed E-state index contributed by atoms with van der Waals surface area (Å²) in [6.45, 7) is 9.04. The zero-order chi connectivity index (χ0) is 18.9. The Bertz CT molecular complexity index is 791. The van der Waals surface area contributed by atoms with E-state index in [1.807, 2.05) is 18.2 Å². The minimum Gasteiger partial charge on any atom is -0.462 e. The average molecular weight is 371 g/mol. The lowest BCUT2D eigenvalue weighted by molar-refractivity contribution is -0.149. The van der Waals surface area contributed by atoms with Crippen LogP contribution in [0.4, 0.5) is 5.82 Å². The fraction of sp³-hybridized carbons (Fsp3) is 0.619. The van der Waals surface area contributed by atoms with Crippen molar-refractivity contribution in [3.63, 3.8) is 0 Å². The maximum Gasteiger partial charge on any atom is 0.312 e. The van der Waals surface area contributed by atoms with E-state index in [-0.39, 0.29) is 17.5 Å². The van der Waals surface area contributed by atoms with Crippen LogP contribution >= 0.6 is 0 Å². The summed E-state index contributed by atoms with van der Waals surface area (Å²) in [5.74, 6) is 0.964. The highest BCUT2D eigenvalue weighted by atomic mass is 16.6. The van der Waals surface area contributed by atoms with Gasteiger partial charge in [-0.25, -0.2) is 0 Å². The smallest absolute Gasteiger partial charge is 0.312 e. The van der Waals surface area contributed by atoms with Gasteiger partial charge in [0, 0.05) is 39.1 Å². The lowest BCUT2D eigenvalue weighted by Gasteiger charge is -2.35. The van der Waals surface area contributed by atoms with Crippen molar-refractivity contribution in [2.75, 3.05) is 37.6 Å². The number of esters is 1. The van der Waals surface area contributed by atoms with Gasteiger partial charge in [-0.3, -0.25) is 9.69 Å². The normalized spacial score (nSPS) is 23.1. The highest BCUT2D eigenvalue weighted by Gasteiger charge is 2.46. The van der Waals surface area contributed by atoms with Gasteiger partial charge >= 0.3 is 5.97 Å². The Morgan fingerprint density at radius 2 is 1.89 bits per heavy atom. The molecule has 146 valence electrons. The van der Waals surface area contributed by atoms with Gasteiger partial charge in [0.15, 0.2) is 11.4 Å². The summed E-state index contributed by atoms with van der Waals surface area (Å²) in [4.78, 5) is 17.0. The Morgan fingerprint density at radius 1 is 1.15 bits per heavy atom. The maximum atomic E-state index is 12.2. The van der Waals surface area contributed by atoms with E-state index < -0.39 is 0 Å². The molecule has 6 heteroatoms. The van der Waals surface area contributed by atoms with Crippen molar-refractivity contribution in [1.82, 2.24) is 10.1 Å². The first-order valence-electron chi connectivity index (χ1n) is 10.2. The SMILES string of the molecule is CCC1(CC)CC(CCN2CCN(c3noc4ccccc34)CC2)OC1=O. The van der Waals surface area contributed by atoms with Crippen LogP contribution in [0.5, 0.6) is 0 Å². The van der Waals surface area contributed by atoms with Gasteiger partial charge in [-0.15, -0.1) is 0 Å². The van der Waals surface area contributed by atoms with Gasteiger partial charge in [0.25, 0.3) is 0 Å². The number of cyclic esters (lactones) is 1. The highest BCUT2D eigenvalue weighted by Crippen LogP contribution is 2.41. The fourth-order valence-electron chi connectivity index (χ4n) is 4.44. The van der Waals surface area contributed by atoms with Gasteiger partial charge in [0.2, 0.25) is 0 Å². The third-order valence-electron chi connectivity index (χ3n) is 6.48. The van der Waals surface area contributed by atoms with Gasteiger partial charge in [-0.2, -0.15) is 0 Å². The molecule has 4 rings (SSSR count). The van der Waals surface area contributed by atoms with Crippen LogP contribution in [0.15, 0.2) is 28.8 Å². The van der Waals surface area contributed by atoms with Gasteiger partial charge in [-0.1, -0.05) is 31.1 Å². The van der Waals surface area contributed by atoms with Gasteiger partial charge < -0.3 is 14.2 Å². The predicted molar refractivity (Wildman–Crippen MR) is 105 cm³/mol. The molecular weight excluding hydrogens is 342 g/mol. The van der Waals surface area contributed by atoms with E-state index in [2.05, 4.69) is 34.9 Å². The topological polar surface area (TPSA) is 58.8 Å². The van der Waals surface area contributed by atoms with Crippen LogP contribution in [0.3, 0.4) is 0 Å². The number of carbonyl (C=O) groups excluding carboxylic acids is 1. The Hall–Kier alpha value is -2.08. The molecule has 0 spiro atoms. The van der Waals surface area contributed by atoms with Crippen molar-refractivity contribution in [2.45, 2.75) is 45.6 Å². The number of fused-ring (bicyclic) bond motifs is 1. The summed E-state index contributed by atoms with van der Waals surface area (Å²) in [6, 6.07) is 8.01. The molecule has 2 aliphatic heterocycles. The molecule has 27 heavy (non-hydrogen) atoms. The van der Waals surface area contributed by atoms with Crippen molar-refractivity contribution >= 4 is 22.8 Å². The van der Waals surface area contributed by atoms with E-state index in [1.165, 1.54) is 0 Å². The summed E-state index contributed by atoms with van der Waals surface area (Å²) in [6.07, 6.45) is 3.64. The molecule has 0 aliphatic carbocycles. The summed E-state index contributed by atoms with van der Waals surface area (Å²) < 4.78 is 11.1. The molecule has 1 aromatic carbocycles. The number of carbonyl (C=O) groups is 1. The van der Waals surface area contributed by atoms with Crippen molar-refractivity contribution in [3.8, 4) is 0 Å². The zero-order valence-electron chi connectivity index (χ0n) is 16.3. The molecule has 2 fully saturated rings. The number of piperazine rings is 1. The molecule has 2 aliphatic rings. The number of anilines is 1. The number of benzene rings is 1. The predicted octanol–water partition coefficient (Wildman–Crippen LogP) is 3.46. The second-order valence-electron chi connectivity index (χ2n) is 7.84. The van der Waals surface area contributed by atoms with Crippen LogP contribution in [-0.2, 0) is 9.53 Å². The first-order valence-corrected chi connectivity index (χ1v) is 10.2. The molecule has 6 nitrogen and oxygen atoms in total. The Kier molecular flexibility index (Phi) is 5.08. The standard InChI is InChI=1S/C21H29N3O3/c1-3-21(4-2)15-16(26-20(21)25)9-10-23-11-13-24(14-12-23)19-17-7-5-6-8-18(17)27-22-19/h5-8,16H,3-4,9-15H2,1-2H3. The number of rotatable bonds is 6. The molecule has 1 aromatic heterocycles. The Morgan fingerprint density at radius 3 is 2.59 bits per heavy atom. The summed E-state index contributed by atoms with van der Waals surface area (Å²) in [5, 5.41) is 5.35. The minimum absolute atomic E-state index is 0.0141. The molecule has 1 unspecified atom stereocenters. The van der Waals surface area contributed by atoms with Crippen LogP contribution < -0.4 is 4.90 Å². The molecule has 0 bridgehead atoms. The largest absolute Gasteiger partial charge is 0.462 e. The minimum atomic E-state index is -0.239. The summed E-state index contributed by atoms with van der Waals surface area (Å²) in [7, 11) is 0. The molecule has 0 saturated carbocycles. The molecule has 0 radical (unpaired) electrons. The quantitative estimate of drug-likeness (QED) is 0.725. The van der Waals surface area contributed by atoms with E-state index in [0.717, 1.165) is 75.2 Å². The molecule has 2 aromatic rings. The molecule has 3 heterocycles. The lowest BCUT2D eigenvalue weighted by Crippen LogP contribution is -2.47. The van der Waals surface area contributed by atoms with E-state index in [0.29, 0.717) is 0 Å². The second kappa shape index (κ2) is 7.50. The van der Waals surface area contributed by atoms with E-state index in [1.54, 1.807) is 0 Å². The number of para-hydroxylation sites is 1. The third kappa shape index (κ3) is 3.43. The molecular formula is C21H29N3O3. The summed E-state index contributed by atoms with van der Waals surface area (Å²) in [5.41, 5.74) is 0.602. The van der Waals surface area contributed by atoms with Crippen LogP contribution in [0.25, 0.3) is 11.0 Å². The number of nitrogens with zero attached hydrogens (tertiary/aromatic N) is 3. The number of hydrogen-bond donors (Lipinski definition) is 0. The van der Waals surface area contributed by atoms with E-state index in [9.17, 15) is 4.79 Å². The monoisotopic (exact) mass is 371 g/mol. The van der Waals surface area contributed by atoms with Gasteiger partial charge in [0.1, 0.15) is 6.10 Å². The number of aromatic nitrogens is 1. The van der Waals surface area contributed by atoms with Crippen LogP contribution in [0.2, 0.25) is 0 Å². The zero-order valence-corrected chi connectivity index (χ0v) is 16.3. The van der Waals surface area contributed by atoms with Crippen LogP contribution in [0, 0.1) is 5.41 Å². The molecule has 0 N–H and O–H groups in total. The molecule has 2 saturated heterocycles. The van der Waals surface area contributed by atoms with Crippen LogP contribution in [-0.4, -0.2) is 54.9 Å². The first kappa shape index (κ1) is 18.3.